The molecule has 1 rings (SSSR count). The Bertz CT molecular complexity index is 674. The van der Waals surface area contributed by atoms with E-state index in [1.165, 1.54) is 18.2 Å². The fourth-order valence-electron chi connectivity index (χ4n) is 1.62. The minimum Gasteiger partial charge on any atom is -0.389 e. The van der Waals surface area contributed by atoms with E-state index < -0.39 is 22.0 Å². The zero-order valence-corrected chi connectivity index (χ0v) is 13.8. The number of carbonyl (C=O) groups excluding carboxylic acids is 1. The molecule has 116 valence electrons. The molecule has 1 unspecified atom stereocenters. The number of amides is 1. The average Bonchev–Trinajstić information content (AvgIpc) is 2.35. The maximum Gasteiger partial charge on any atom is 0.242 e. The van der Waals surface area contributed by atoms with Gasteiger partial charge in [0.25, 0.3) is 0 Å². The van der Waals surface area contributed by atoms with Gasteiger partial charge in [-0.3, -0.25) is 4.79 Å². The summed E-state index contributed by atoms with van der Waals surface area (Å²) in [6.45, 7) is 3.34. The van der Waals surface area contributed by atoms with Gasteiger partial charge in [-0.25, -0.2) is 8.42 Å². The van der Waals surface area contributed by atoms with Gasteiger partial charge in [-0.2, -0.15) is 4.72 Å². The van der Waals surface area contributed by atoms with Crippen LogP contribution in [-0.2, 0) is 14.8 Å². The summed E-state index contributed by atoms with van der Waals surface area (Å²) in [5.74, 6) is -1.08. The summed E-state index contributed by atoms with van der Waals surface area (Å²) in [6.07, 6.45) is 0. The van der Waals surface area contributed by atoms with E-state index in [2.05, 4.69) is 4.72 Å². The van der Waals surface area contributed by atoms with Crippen LogP contribution < -0.4 is 16.2 Å². The molecule has 0 aliphatic carbocycles. The lowest BCUT2D eigenvalue weighted by molar-refractivity contribution is -0.120. The van der Waals surface area contributed by atoms with Crippen molar-refractivity contribution in [2.45, 2.75) is 24.8 Å². The molecule has 0 saturated carbocycles. The second-order valence-electron chi connectivity index (χ2n) is 4.75. The lowest BCUT2D eigenvalue weighted by atomic mass is 10.1. The van der Waals surface area contributed by atoms with Crippen molar-refractivity contribution in [3.63, 3.8) is 0 Å². The summed E-state index contributed by atoms with van der Waals surface area (Å²) >= 11 is 10.7. The molecule has 0 heterocycles. The third-order valence-corrected chi connectivity index (χ3v) is 4.92. The number of nitrogens with two attached hydrogens (primary N) is 2. The number of sulfonamides is 1. The quantitative estimate of drug-likeness (QED) is 0.656. The van der Waals surface area contributed by atoms with Crippen molar-refractivity contribution < 1.29 is 13.2 Å². The average molecular weight is 350 g/mol. The van der Waals surface area contributed by atoms with Gasteiger partial charge in [-0.05, 0) is 18.1 Å². The van der Waals surface area contributed by atoms with Crippen molar-refractivity contribution in [3.8, 4) is 0 Å². The zero-order chi connectivity index (χ0) is 16.4. The molecule has 0 aliphatic heterocycles. The number of halogens is 1. The number of hydrogen-bond donors (Lipinski definition) is 3. The molecule has 5 N–H and O–H groups in total. The highest BCUT2D eigenvalue weighted by Crippen LogP contribution is 2.23. The van der Waals surface area contributed by atoms with Crippen LogP contribution in [0.15, 0.2) is 23.1 Å². The Morgan fingerprint density at radius 2 is 1.90 bits per heavy atom. The van der Waals surface area contributed by atoms with Crippen LogP contribution in [0, 0.1) is 5.92 Å². The zero-order valence-electron chi connectivity index (χ0n) is 11.5. The first-order valence-corrected chi connectivity index (χ1v) is 8.24. The Balaban J connectivity index is 3.27. The molecule has 21 heavy (non-hydrogen) atoms. The van der Waals surface area contributed by atoms with Gasteiger partial charge < -0.3 is 11.5 Å². The molecule has 0 radical (unpaired) electrons. The summed E-state index contributed by atoms with van der Waals surface area (Å²) in [5.41, 5.74) is 11.0. The predicted molar refractivity (Wildman–Crippen MR) is 85.5 cm³/mol. The van der Waals surface area contributed by atoms with Gasteiger partial charge in [0.1, 0.15) is 15.9 Å². The third kappa shape index (κ3) is 4.37. The van der Waals surface area contributed by atoms with E-state index >= 15 is 0 Å². The van der Waals surface area contributed by atoms with Crippen molar-refractivity contribution in [2.24, 2.45) is 17.4 Å². The Hall–Kier alpha value is -1.22. The van der Waals surface area contributed by atoms with Crippen LogP contribution in [-0.4, -0.2) is 25.4 Å². The maximum atomic E-state index is 12.4. The number of carbonyl (C=O) groups is 1. The van der Waals surface area contributed by atoms with Crippen molar-refractivity contribution >= 4 is 44.7 Å². The second-order valence-corrected chi connectivity index (χ2v) is 7.28. The van der Waals surface area contributed by atoms with E-state index in [4.69, 9.17) is 35.3 Å². The molecule has 0 saturated heterocycles. The maximum absolute atomic E-state index is 12.4. The Labute approximate surface area is 133 Å². The molecule has 0 fully saturated rings. The molecule has 0 bridgehead atoms. The van der Waals surface area contributed by atoms with Gasteiger partial charge in [0.05, 0.1) is 5.02 Å². The number of primary amides is 1. The summed E-state index contributed by atoms with van der Waals surface area (Å²) in [5, 5.41) is -0.00511. The minimum absolute atomic E-state index is 0.00511. The summed E-state index contributed by atoms with van der Waals surface area (Å²) in [4.78, 5) is 11.2. The van der Waals surface area contributed by atoms with Crippen LogP contribution in [0.2, 0.25) is 5.02 Å². The second kappa shape index (κ2) is 6.69. The third-order valence-electron chi connectivity index (χ3n) is 2.76. The Kier molecular flexibility index (Phi) is 5.68. The first kappa shape index (κ1) is 17.8. The van der Waals surface area contributed by atoms with Crippen LogP contribution in [0.4, 0.5) is 0 Å². The van der Waals surface area contributed by atoms with Crippen LogP contribution in [0.1, 0.15) is 19.4 Å². The van der Waals surface area contributed by atoms with Crippen molar-refractivity contribution in [2.75, 3.05) is 0 Å². The lowest BCUT2D eigenvalue weighted by Crippen LogP contribution is -2.47. The molecule has 1 amide bonds. The van der Waals surface area contributed by atoms with Gasteiger partial charge in [0.15, 0.2) is 0 Å². The highest BCUT2D eigenvalue weighted by molar-refractivity contribution is 7.89. The molecule has 0 spiro atoms. The van der Waals surface area contributed by atoms with Crippen LogP contribution in [0.3, 0.4) is 0 Å². The molecule has 1 aromatic carbocycles. The Morgan fingerprint density at radius 1 is 1.33 bits per heavy atom. The number of benzene rings is 1. The number of hydrogen-bond acceptors (Lipinski definition) is 4. The first-order valence-electron chi connectivity index (χ1n) is 5.97. The normalized spacial score (nSPS) is 13.1. The van der Waals surface area contributed by atoms with Gasteiger partial charge in [-0.15, -0.1) is 0 Å². The van der Waals surface area contributed by atoms with Crippen LogP contribution in [0.5, 0.6) is 0 Å². The Morgan fingerprint density at radius 3 is 2.33 bits per heavy atom. The van der Waals surface area contributed by atoms with Gasteiger partial charge in [-0.1, -0.05) is 43.7 Å². The van der Waals surface area contributed by atoms with E-state index in [1.54, 1.807) is 13.8 Å². The summed E-state index contributed by atoms with van der Waals surface area (Å²) < 4.78 is 27.0. The van der Waals surface area contributed by atoms with Crippen molar-refractivity contribution in [1.29, 1.82) is 0 Å². The van der Waals surface area contributed by atoms with E-state index in [-0.39, 0.29) is 20.8 Å². The number of nitrogens with one attached hydrogen (secondary N) is 1. The van der Waals surface area contributed by atoms with Crippen LogP contribution >= 0.6 is 23.8 Å². The van der Waals surface area contributed by atoms with Gasteiger partial charge >= 0.3 is 0 Å². The summed E-state index contributed by atoms with van der Waals surface area (Å²) in [6, 6.07) is 3.10. The van der Waals surface area contributed by atoms with E-state index in [9.17, 15) is 13.2 Å². The van der Waals surface area contributed by atoms with Crippen molar-refractivity contribution in [1.82, 2.24) is 4.72 Å². The highest BCUT2D eigenvalue weighted by Gasteiger charge is 2.28. The monoisotopic (exact) mass is 349 g/mol. The van der Waals surface area contributed by atoms with Crippen LogP contribution in [0.25, 0.3) is 0 Å². The molecule has 6 nitrogen and oxygen atoms in total. The van der Waals surface area contributed by atoms with Gasteiger partial charge in [0, 0.05) is 5.56 Å². The fraction of sp³-hybridized carbons (Fsp3) is 0.333. The molecular weight excluding hydrogens is 334 g/mol. The molecule has 9 heteroatoms. The topological polar surface area (TPSA) is 115 Å². The minimum atomic E-state index is -4.03. The molecule has 1 aromatic rings. The fourth-order valence-corrected chi connectivity index (χ4v) is 3.62. The summed E-state index contributed by atoms with van der Waals surface area (Å²) in [7, 11) is -4.03. The largest absolute Gasteiger partial charge is 0.389 e. The van der Waals surface area contributed by atoms with Crippen molar-refractivity contribution in [3.05, 3.63) is 28.8 Å². The molecular formula is C12H16ClN3O3S2. The van der Waals surface area contributed by atoms with Gasteiger partial charge in [0.2, 0.25) is 15.9 Å². The van der Waals surface area contributed by atoms with E-state index in [0.29, 0.717) is 5.56 Å². The molecule has 0 aromatic heterocycles. The standard InChI is InChI=1S/C12H16ClN3O3S2/c1-6(2)10(11(14)17)16-21(18,19)9-5-7(12(15)20)3-4-8(9)13/h3-6,10,16H,1-2H3,(H2,14,17)(H2,15,20). The number of thiocarbonyl (C=S) groups is 1. The van der Waals surface area contributed by atoms with E-state index in [1.807, 2.05) is 0 Å². The first-order chi connectivity index (χ1) is 9.56. The van der Waals surface area contributed by atoms with E-state index in [0.717, 1.165) is 0 Å². The lowest BCUT2D eigenvalue weighted by Gasteiger charge is -2.19. The smallest absolute Gasteiger partial charge is 0.242 e. The highest BCUT2D eigenvalue weighted by atomic mass is 35.5. The number of rotatable bonds is 6. The SMILES string of the molecule is CC(C)C(NS(=O)(=O)c1cc(C(N)=S)ccc1Cl)C(N)=O. The predicted octanol–water partition coefficient (Wildman–Crippen LogP) is 0.762. The molecule has 0 aliphatic rings. The molecule has 1 atom stereocenters.